The molecule has 2 N–H and O–H groups in total. The molecular weight excluding hydrogens is 358 g/mol. The molecule has 7 nitrogen and oxygen atoms in total. The normalized spacial score (nSPS) is 15.6. The third kappa shape index (κ3) is 3.74. The van der Waals surface area contributed by atoms with E-state index in [1.807, 2.05) is 0 Å². The SMILES string of the molecule is CCOC(=O)C(Cc1ncco1)NC(=O)Nc1c2c(cc3c1CCC3)CCC2. The van der Waals surface area contributed by atoms with Crippen LogP contribution in [0.2, 0.25) is 0 Å². The summed E-state index contributed by atoms with van der Waals surface area (Å²) in [6.45, 7) is 1.97. The Morgan fingerprint density at radius 2 is 1.89 bits per heavy atom. The number of hydrogen-bond donors (Lipinski definition) is 2. The van der Waals surface area contributed by atoms with Crippen molar-refractivity contribution in [3.05, 3.63) is 46.7 Å². The number of fused-ring (bicyclic) bond motifs is 2. The van der Waals surface area contributed by atoms with Crippen molar-refractivity contribution in [3.63, 3.8) is 0 Å². The number of amides is 2. The van der Waals surface area contributed by atoms with Gasteiger partial charge in [-0.05, 0) is 67.7 Å². The number of oxazole rings is 1. The molecule has 0 bridgehead atoms. The maximum absolute atomic E-state index is 12.8. The number of hydrogen-bond acceptors (Lipinski definition) is 5. The van der Waals surface area contributed by atoms with Gasteiger partial charge in [-0.25, -0.2) is 14.6 Å². The zero-order chi connectivity index (χ0) is 19.5. The van der Waals surface area contributed by atoms with Crippen molar-refractivity contribution in [2.45, 2.75) is 57.9 Å². The van der Waals surface area contributed by atoms with Crippen molar-refractivity contribution in [1.29, 1.82) is 0 Å². The van der Waals surface area contributed by atoms with Crippen molar-refractivity contribution in [1.82, 2.24) is 10.3 Å². The first-order chi connectivity index (χ1) is 13.7. The van der Waals surface area contributed by atoms with E-state index in [9.17, 15) is 9.59 Å². The molecule has 4 rings (SSSR count). The van der Waals surface area contributed by atoms with Crippen LogP contribution in [0.15, 0.2) is 22.9 Å². The van der Waals surface area contributed by atoms with E-state index in [1.54, 1.807) is 6.92 Å². The van der Waals surface area contributed by atoms with Crippen LogP contribution in [0.4, 0.5) is 10.5 Å². The molecule has 1 aromatic heterocycles. The van der Waals surface area contributed by atoms with Crippen molar-refractivity contribution >= 4 is 17.7 Å². The van der Waals surface area contributed by atoms with E-state index in [1.165, 1.54) is 34.7 Å². The van der Waals surface area contributed by atoms with E-state index in [2.05, 4.69) is 21.7 Å². The summed E-state index contributed by atoms with van der Waals surface area (Å²) in [4.78, 5) is 29.1. The fraction of sp³-hybridized carbons (Fsp3) is 0.476. The van der Waals surface area contributed by atoms with Crippen LogP contribution in [0.1, 0.15) is 47.9 Å². The molecular formula is C21H25N3O4. The number of rotatable bonds is 6. The highest BCUT2D eigenvalue weighted by Crippen LogP contribution is 2.38. The van der Waals surface area contributed by atoms with Crippen LogP contribution >= 0.6 is 0 Å². The van der Waals surface area contributed by atoms with E-state index in [-0.39, 0.29) is 13.0 Å². The molecule has 2 aromatic rings. The van der Waals surface area contributed by atoms with Gasteiger partial charge in [0.05, 0.1) is 19.2 Å². The average molecular weight is 383 g/mol. The maximum atomic E-state index is 12.8. The topological polar surface area (TPSA) is 93.5 Å². The van der Waals surface area contributed by atoms with Crippen LogP contribution in [-0.2, 0) is 41.6 Å². The first-order valence-electron chi connectivity index (χ1n) is 9.94. The highest BCUT2D eigenvalue weighted by molar-refractivity contribution is 5.94. The summed E-state index contributed by atoms with van der Waals surface area (Å²) in [5.74, 6) is -0.126. The molecule has 148 valence electrons. The molecule has 2 aliphatic rings. The van der Waals surface area contributed by atoms with Gasteiger partial charge >= 0.3 is 12.0 Å². The Hall–Kier alpha value is -2.83. The third-order valence-electron chi connectivity index (χ3n) is 5.45. The summed E-state index contributed by atoms with van der Waals surface area (Å²) in [6.07, 6.45) is 9.41. The fourth-order valence-electron chi connectivity index (χ4n) is 4.24. The van der Waals surface area contributed by atoms with Crippen LogP contribution in [0, 0.1) is 0 Å². The smallest absolute Gasteiger partial charge is 0.329 e. The second kappa shape index (κ2) is 8.04. The van der Waals surface area contributed by atoms with Crippen molar-refractivity contribution in [3.8, 4) is 0 Å². The van der Waals surface area contributed by atoms with E-state index in [4.69, 9.17) is 9.15 Å². The molecule has 0 fully saturated rings. The Labute approximate surface area is 163 Å². The van der Waals surface area contributed by atoms with Crippen LogP contribution < -0.4 is 10.6 Å². The maximum Gasteiger partial charge on any atom is 0.329 e. The highest BCUT2D eigenvalue weighted by Gasteiger charge is 2.28. The molecule has 1 atom stereocenters. The number of nitrogens with one attached hydrogen (secondary N) is 2. The van der Waals surface area contributed by atoms with Gasteiger partial charge in [-0.3, -0.25) is 0 Å². The largest absolute Gasteiger partial charge is 0.464 e. The molecule has 0 aliphatic heterocycles. The highest BCUT2D eigenvalue weighted by atomic mass is 16.5. The molecule has 28 heavy (non-hydrogen) atoms. The van der Waals surface area contributed by atoms with E-state index < -0.39 is 18.0 Å². The van der Waals surface area contributed by atoms with Gasteiger partial charge in [0.25, 0.3) is 0 Å². The van der Waals surface area contributed by atoms with Crippen molar-refractivity contribution in [2.75, 3.05) is 11.9 Å². The molecule has 1 aromatic carbocycles. The quantitative estimate of drug-likeness (QED) is 0.748. The molecule has 0 spiro atoms. The Morgan fingerprint density at radius 1 is 1.18 bits per heavy atom. The minimum absolute atomic E-state index is 0.143. The van der Waals surface area contributed by atoms with Gasteiger partial charge in [-0.2, -0.15) is 0 Å². The second-order valence-electron chi connectivity index (χ2n) is 7.27. The number of aromatic nitrogens is 1. The molecule has 0 radical (unpaired) electrons. The molecule has 2 amide bonds. The fourth-order valence-corrected chi connectivity index (χ4v) is 4.24. The van der Waals surface area contributed by atoms with Gasteiger partial charge < -0.3 is 19.8 Å². The number of carbonyl (C=O) groups excluding carboxylic acids is 2. The van der Waals surface area contributed by atoms with Crippen LogP contribution in [-0.4, -0.2) is 29.6 Å². The number of anilines is 1. The summed E-state index contributed by atoms with van der Waals surface area (Å²) in [6, 6.07) is 1.06. The van der Waals surface area contributed by atoms with Crippen molar-refractivity contribution < 1.29 is 18.7 Å². The minimum atomic E-state index is -0.858. The standard InChI is InChI=1S/C21H25N3O4/c1-2-27-20(25)17(12-18-22-9-10-28-18)23-21(26)24-19-15-7-3-5-13(15)11-14-6-4-8-16(14)19/h9-11,17H,2-8,12H2,1H3,(H2,23,24,26). The van der Waals surface area contributed by atoms with Crippen LogP contribution in [0.25, 0.3) is 0 Å². The summed E-state index contributed by atoms with van der Waals surface area (Å²) in [5, 5.41) is 5.79. The molecule has 2 aliphatic carbocycles. The number of aryl methyl sites for hydroxylation is 2. The second-order valence-corrected chi connectivity index (χ2v) is 7.27. The van der Waals surface area contributed by atoms with Crippen LogP contribution in [0.5, 0.6) is 0 Å². The molecule has 1 unspecified atom stereocenters. The lowest BCUT2D eigenvalue weighted by Gasteiger charge is -2.19. The predicted molar refractivity (Wildman–Crippen MR) is 103 cm³/mol. The molecule has 7 heteroatoms. The number of ether oxygens (including phenoxy) is 1. The minimum Gasteiger partial charge on any atom is -0.464 e. The predicted octanol–water partition coefficient (Wildman–Crippen LogP) is 2.95. The zero-order valence-corrected chi connectivity index (χ0v) is 16.0. The molecule has 0 saturated carbocycles. The van der Waals surface area contributed by atoms with E-state index in [0.717, 1.165) is 44.2 Å². The molecule has 0 saturated heterocycles. The Balaban J connectivity index is 1.52. The lowest BCUT2D eigenvalue weighted by molar-refractivity contribution is -0.145. The first kappa shape index (κ1) is 18.5. The lowest BCUT2D eigenvalue weighted by Crippen LogP contribution is -2.45. The Morgan fingerprint density at radius 3 is 2.50 bits per heavy atom. The monoisotopic (exact) mass is 383 g/mol. The van der Waals surface area contributed by atoms with Crippen molar-refractivity contribution in [2.24, 2.45) is 0 Å². The van der Waals surface area contributed by atoms with E-state index in [0.29, 0.717) is 5.89 Å². The number of nitrogens with zero attached hydrogens (tertiary/aromatic N) is 1. The summed E-state index contributed by atoms with van der Waals surface area (Å²) < 4.78 is 10.3. The van der Waals surface area contributed by atoms with Gasteiger partial charge in [0.2, 0.25) is 0 Å². The van der Waals surface area contributed by atoms with Gasteiger partial charge in [-0.15, -0.1) is 0 Å². The lowest BCUT2D eigenvalue weighted by atomic mass is 9.99. The number of benzene rings is 1. The molecule has 1 heterocycles. The Bertz CT molecular complexity index is 844. The third-order valence-corrected chi connectivity index (χ3v) is 5.45. The van der Waals surface area contributed by atoms with Gasteiger partial charge in [0.15, 0.2) is 5.89 Å². The average Bonchev–Trinajstić information content (AvgIpc) is 3.42. The summed E-state index contributed by atoms with van der Waals surface area (Å²) in [7, 11) is 0. The van der Waals surface area contributed by atoms with E-state index >= 15 is 0 Å². The number of carbonyl (C=O) groups is 2. The number of esters is 1. The van der Waals surface area contributed by atoms with Gasteiger partial charge in [0.1, 0.15) is 12.3 Å². The Kier molecular flexibility index (Phi) is 5.32. The van der Waals surface area contributed by atoms with Crippen LogP contribution in [0.3, 0.4) is 0 Å². The number of urea groups is 1. The summed E-state index contributed by atoms with van der Waals surface area (Å²) >= 11 is 0. The first-order valence-corrected chi connectivity index (χ1v) is 9.94. The summed E-state index contributed by atoms with van der Waals surface area (Å²) in [5.41, 5.74) is 6.13. The zero-order valence-electron chi connectivity index (χ0n) is 16.0. The van der Waals surface area contributed by atoms with Gasteiger partial charge in [-0.1, -0.05) is 6.07 Å². The van der Waals surface area contributed by atoms with Gasteiger partial charge in [0, 0.05) is 5.69 Å².